The molecule has 0 fully saturated rings. The number of methoxy groups -OCH3 is 2. The lowest BCUT2D eigenvalue weighted by atomic mass is 10.1. The molecule has 0 heterocycles. The SMILES string of the molecule is COCCOc1cc(Nc2ccccc2C(N)=O)cc([N+](=O)[O-])c1OC. The Morgan fingerprint density at radius 3 is 2.58 bits per heavy atom. The van der Waals surface area contributed by atoms with E-state index in [9.17, 15) is 14.9 Å². The molecule has 9 heteroatoms. The van der Waals surface area contributed by atoms with E-state index in [0.717, 1.165) is 0 Å². The third-order valence-corrected chi connectivity index (χ3v) is 3.45. The van der Waals surface area contributed by atoms with Crippen LogP contribution in [0.4, 0.5) is 17.1 Å². The number of para-hydroxylation sites is 1. The largest absolute Gasteiger partial charge is 0.488 e. The van der Waals surface area contributed by atoms with Gasteiger partial charge in [-0.1, -0.05) is 12.1 Å². The van der Waals surface area contributed by atoms with Gasteiger partial charge in [-0.05, 0) is 12.1 Å². The molecule has 0 saturated carbocycles. The van der Waals surface area contributed by atoms with Gasteiger partial charge in [-0.3, -0.25) is 14.9 Å². The summed E-state index contributed by atoms with van der Waals surface area (Å²) in [5.74, 6) is -0.440. The van der Waals surface area contributed by atoms with Gasteiger partial charge in [-0.2, -0.15) is 0 Å². The zero-order valence-electron chi connectivity index (χ0n) is 14.4. The lowest BCUT2D eigenvalue weighted by molar-refractivity contribution is -0.385. The maximum atomic E-state index is 11.5. The summed E-state index contributed by atoms with van der Waals surface area (Å²) >= 11 is 0. The Kier molecular flexibility index (Phi) is 6.34. The minimum atomic E-state index is -0.618. The van der Waals surface area contributed by atoms with Crippen molar-refractivity contribution < 1.29 is 23.9 Å². The standard InChI is InChI=1S/C17H19N3O6/c1-24-7-8-26-15-10-11(9-14(20(22)23)16(15)25-2)19-13-6-4-3-5-12(13)17(18)21/h3-6,9-10,19H,7-8H2,1-2H3,(H2,18,21). The molecule has 0 aliphatic carbocycles. The van der Waals surface area contributed by atoms with Crippen molar-refractivity contribution in [2.45, 2.75) is 0 Å². The van der Waals surface area contributed by atoms with Gasteiger partial charge in [0, 0.05) is 24.9 Å². The first-order valence-electron chi connectivity index (χ1n) is 7.62. The number of primary amides is 1. The van der Waals surface area contributed by atoms with E-state index in [1.54, 1.807) is 30.3 Å². The second kappa shape index (κ2) is 8.67. The first-order valence-corrected chi connectivity index (χ1v) is 7.62. The Labute approximate surface area is 149 Å². The average molecular weight is 361 g/mol. The normalized spacial score (nSPS) is 10.2. The molecule has 0 saturated heterocycles. The molecule has 2 aromatic rings. The van der Waals surface area contributed by atoms with Gasteiger partial charge in [-0.25, -0.2) is 0 Å². The van der Waals surface area contributed by atoms with Gasteiger partial charge in [-0.15, -0.1) is 0 Å². The van der Waals surface area contributed by atoms with Gasteiger partial charge >= 0.3 is 5.69 Å². The van der Waals surface area contributed by atoms with E-state index in [4.69, 9.17) is 19.9 Å². The topological polar surface area (TPSA) is 126 Å². The van der Waals surface area contributed by atoms with E-state index >= 15 is 0 Å². The van der Waals surface area contributed by atoms with Crippen molar-refractivity contribution in [3.05, 3.63) is 52.1 Å². The summed E-state index contributed by atoms with van der Waals surface area (Å²) in [4.78, 5) is 22.4. The second-order valence-electron chi connectivity index (χ2n) is 5.16. The van der Waals surface area contributed by atoms with Gasteiger partial charge in [0.05, 0.1) is 29.9 Å². The molecule has 0 aliphatic rings. The number of ether oxygens (including phenoxy) is 3. The summed E-state index contributed by atoms with van der Waals surface area (Å²) in [7, 11) is 2.84. The van der Waals surface area contributed by atoms with Gasteiger partial charge in [0.25, 0.3) is 5.91 Å². The first kappa shape index (κ1) is 19.0. The number of nitrogens with one attached hydrogen (secondary N) is 1. The van der Waals surface area contributed by atoms with Crippen molar-refractivity contribution in [1.29, 1.82) is 0 Å². The fraction of sp³-hybridized carbons (Fsp3) is 0.235. The van der Waals surface area contributed by atoms with Crippen LogP contribution in [-0.4, -0.2) is 38.3 Å². The number of carbonyl (C=O) groups is 1. The van der Waals surface area contributed by atoms with E-state index in [1.807, 2.05) is 0 Å². The monoisotopic (exact) mass is 361 g/mol. The molecule has 3 N–H and O–H groups in total. The number of hydrogen-bond donors (Lipinski definition) is 2. The maximum Gasteiger partial charge on any atom is 0.316 e. The highest BCUT2D eigenvalue weighted by molar-refractivity contribution is 5.99. The Balaban J connectivity index is 2.45. The van der Waals surface area contributed by atoms with E-state index in [1.165, 1.54) is 20.3 Å². The quantitative estimate of drug-likeness (QED) is 0.399. The summed E-state index contributed by atoms with van der Waals surface area (Å²) in [6.07, 6.45) is 0. The Bertz CT molecular complexity index is 809. The predicted octanol–water partition coefficient (Wildman–Crippen LogP) is 2.47. The minimum Gasteiger partial charge on any atom is -0.488 e. The minimum absolute atomic E-state index is 0.000149. The highest BCUT2D eigenvalue weighted by atomic mass is 16.6. The summed E-state index contributed by atoms with van der Waals surface area (Å²) in [5.41, 5.74) is 6.10. The lowest BCUT2D eigenvalue weighted by Crippen LogP contribution is -2.13. The lowest BCUT2D eigenvalue weighted by Gasteiger charge is -2.15. The molecule has 2 aromatic carbocycles. The fourth-order valence-corrected chi connectivity index (χ4v) is 2.31. The molecule has 2 rings (SSSR count). The number of nitrogens with two attached hydrogens (primary N) is 1. The molecule has 1 amide bonds. The molecule has 0 unspecified atom stereocenters. The molecule has 0 aliphatic heterocycles. The van der Waals surface area contributed by atoms with Crippen molar-refractivity contribution in [3.63, 3.8) is 0 Å². The highest BCUT2D eigenvalue weighted by Crippen LogP contribution is 2.40. The first-order chi connectivity index (χ1) is 12.5. The predicted molar refractivity (Wildman–Crippen MR) is 95.3 cm³/mol. The average Bonchev–Trinajstić information content (AvgIpc) is 2.61. The van der Waals surface area contributed by atoms with Crippen LogP contribution in [0.2, 0.25) is 0 Å². The smallest absolute Gasteiger partial charge is 0.316 e. The van der Waals surface area contributed by atoms with Crippen LogP contribution in [0, 0.1) is 10.1 Å². The molecule has 138 valence electrons. The number of hydrogen-bond acceptors (Lipinski definition) is 7. The number of amides is 1. The second-order valence-corrected chi connectivity index (χ2v) is 5.16. The van der Waals surface area contributed by atoms with Crippen molar-refractivity contribution in [1.82, 2.24) is 0 Å². The van der Waals surface area contributed by atoms with Gasteiger partial charge < -0.3 is 25.3 Å². The molecular weight excluding hydrogens is 342 g/mol. The maximum absolute atomic E-state index is 11.5. The molecule has 9 nitrogen and oxygen atoms in total. The zero-order valence-corrected chi connectivity index (χ0v) is 14.4. The molecule has 0 spiro atoms. The summed E-state index contributed by atoms with van der Waals surface area (Å²) in [5, 5.41) is 14.3. The molecule has 0 bridgehead atoms. The van der Waals surface area contributed by atoms with Crippen LogP contribution in [0.5, 0.6) is 11.5 Å². The number of nitro groups is 1. The third kappa shape index (κ3) is 4.39. The van der Waals surface area contributed by atoms with E-state index < -0.39 is 10.8 Å². The van der Waals surface area contributed by atoms with Gasteiger partial charge in [0.15, 0.2) is 5.75 Å². The number of carbonyl (C=O) groups excluding carboxylic acids is 1. The van der Waals surface area contributed by atoms with Crippen molar-refractivity contribution in [2.75, 3.05) is 32.8 Å². The summed E-state index contributed by atoms with van der Waals surface area (Å²) < 4.78 is 15.6. The Morgan fingerprint density at radius 1 is 1.23 bits per heavy atom. The molecule has 0 atom stereocenters. The van der Waals surface area contributed by atoms with Gasteiger partial charge in [0.1, 0.15) is 6.61 Å². The van der Waals surface area contributed by atoms with Crippen LogP contribution in [-0.2, 0) is 4.74 Å². The van der Waals surface area contributed by atoms with E-state index in [2.05, 4.69) is 5.32 Å². The van der Waals surface area contributed by atoms with Crippen molar-refractivity contribution in [3.8, 4) is 11.5 Å². The number of benzene rings is 2. The summed E-state index contributed by atoms with van der Waals surface area (Å²) in [6.45, 7) is 0.491. The molecule has 26 heavy (non-hydrogen) atoms. The third-order valence-electron chi connectivity index (χ3n) is 3.45. The van der Waals surface area contributed by atoms with Crippen LogP contribution in [0.1, 0.15) is 10.4 Å². The van der Waals surface area contributed by atoms with Crippen LogP contribution in [0.3, 0.4) is 0 Å². The summed E-state index contributed by atoms with van der Waals surface area (Å²) in [6, 6.07) is 9.41. The van der Waals surface area contributed by atoms with Crippen LogP contribution >= 0.6 is 0 Å². The van der Waals surface area contributed by atoms with Crippen LogP contribution < -0.4 is 20.5 Å². The van der Waals surface area contributed by atoms with Crippen LogP contribution in [0.25, 0.3) is 0 Å². The van der Waals surface area contributed by atoms with Gasteiger partial charge in [0.2, 0.25) is 5.75 Å². The number of rotatable bonds is 9. The van der Waals surface area contributed by atoms with E-state index in [-0.39, 0.29) is 29.4 Å². The number of nitro benzene ring substituents is 1. The Hall–Kier alpha value is -3.33. The van der Waals surface area contributed by atoms with E-state index in [0.29, 0.717) is 18.0 Å². The Morgan fingerprint density at radius 2 is 1.96 bits per heavy atom. The fourth-order valence-electron chi connectivity index (χ4n) is 2.31. The molecule has 0 aromatic heterocycles. The molecule has 0 radical (unpaired) electrons. The number of nitrogens with zero attached hydrogens (tertiary/aromatic N) is 1. The van der Waals surface area contributed by atoms with Crippen molar-refractivity contribution >= 4 is 23.0 Å². The van der Waals surface area contributed by atoms with Crippen LogP contribution in [0.15, 0.2) is 36.4 Å². The zero-order chi connectivity index (χ0) is 19.1. The molecular formula is C17H19N3O6. The highest BCUT2D eigenvalue weighted by Gasteiger charge is 2.22. The van der Waals surface area contributed by atoms with Crippen molar-refractivity contribution in [2.24, 2.45) is 5.73 Å². The number of anilines is 2.